The number of pyridine rings is 1. The molecule has 2 aromatic heterocycles. The fraction of sp³-hybridized carbons (Fsp3) is 0.533. The molecule has 2 saturated heterocycles. The normalized spacial score (nSPS) is 24.9. The summed E-state index contributed by atoms with van der Waals surface area (Å²) in [7, 11) is 0. The summed E-state index contributed by atoms with van der Waals surface area (Å²) in [4.78, 5) is 21.1. The van der Waals surface area contributed by atoms with Crippen molar-refractivity contribution in [2.75, 3.05) is 32.7 Å². The molecule has 37 heavy (non-hydrogen) atoms. The number of imidazole rings is 1. The van der Waals surface area contributed by atoms with Crippen molar-refractivity contribution in [1.82, 2.24) is 19.2 Å². The molecule has 0 spiro atoms. The van der Waals surface area contributed by atoms with Crippen LogP contribution in [0.25, 0.3) is 5.65 Å². The molecule has 1 aromatic carbocycles. The summed E-state index contributed by atoms with van der Waals surface area (Å²) in [6.07, 6.45) is 10.7. The fourth-order valence-electron chi connectivity index (χ4n) is 7.20. The Labute approximate surface area is 218 Å². The van der Waals surface area contributed by atoms with Crippen LogP contribution in [0, 0.1) is 11.7 Å². The van der Waals surface area contributed by atoms with Gasteiger partial charge in [-0.15, -0.1) is 0 Å². The predicted octanol–water partition coefficient (Wildman–Crippen LogP) is 5.16. The molecule has 3 aliphatic rings. The second-order valence-electron chi connectivity index (χ2n) is 11.5. The number of benzene rings is 1. The van der Waals surface area contributed by atoms with Crippen molar-refractivity contribution in [3.05, 3.63) is 71.9 Å². The van der Waals surface area contributed by atoms with Crippen LogP contribution in [0.2, 0.25) is 0 Å². The van der Waals surface area contributed by atoms with Crippen molar-refractivity contribution in [2.24, 2.45) is 5.92 Å². The van der Waals surface area contributed by atoms with Gasteiger partial charge in [0.2, 0.25) is 0 Å². The van der Waals surface area contributed by atoms with Crippen LogP contribution in [0.1, 0.15) is 68.0 Å². The number of aliphatic carboxylic acids is 1. The van der Waals surface area contributed by atoms with Gasteiger partial charge in [-0.05, 0) is 87.4 Å². The topological polar surface area (TPSA) is 61.1 Å². The largest absolute Gasteiger partial charge is 0.481 e. The van der Waals surface area contributed by atoms with E-state index in [-0.39, 0.29) is 23.7 Å². The standard InChI is InChI=1S/C30H37FN4O2/c31-25-6-3-5-23(17-25)26-21-34(30(11-4-12-30)13-8-29(36)37)20-24(26)19-33-15-9-22(10-16-33)27-18-32-28-7-1-2-14-35(27)28/h1-3,5-7,14,17-18,22,24,26H,4,8-13,15-16,19-21H2,(H,36,37)/t24-,26+/m0/s1. The average Bonchev–Trinajstić information content (AvgIpc) is 3.49. The van der Waals surface area contributed by atoms with Gasteiger partial charge in [0, 0.05) is 61.5 Å². The lowest BCUT2D eigenvalue weighted by molar-refractivity contribution is -0.138. The Morgan fingerprint density at radius 2 is 1.95 bits per heavy atom. The van der Waals surface area contributed by atoms with E-state index >= 15 is 0 Å². The van der Waals surface area contributed by atoms with Gasteiger partial charge >= 0.3 is 5.97 Å². The molecule has 0 amide bonds. The maximum absolute atomic E-state index is 14.2. The van der Waals surface area contributed by atoms with Crippen LogP contribution in [-0.4, -0.2) is 68.5 Å². The van der Waals surface area contributed by atoms with Crippen LogP contribution in [-0.2, 0) is 4.79 Å². The Balaban J connectivity index is 1.16. The van der Waals surface area contributed by atoms with Gasteiger partial charge in [0.25, 0.3) is 0 Å². The van der Waals surface area contributed by atoms with Crippen LogP contribution in [0.5, 0.6) is 0 Å². The molecule has 4 heterocycles. The highest BCUT2D eigenvalue weighted by atomic mass is 19.1. The van der Waals surface area contributed by atoms with Gasteiger partial charge in [-0.3, -0.25) is 9.69 Å². The Morgan fingerprint density at radius 3 is 2.68 bits per heavy atom. The molecule has 0 bridgehead atoms. The number of likely N-dealkylation sites (tertiary alicyclic amines) is 2. The predicted molar refractivity (Wildman–Crippen MR) is 141 cm³/mol. The summed E-state index contributed by atoms with van der Waals surface area (Å²) >= 11 is 0. The van der Waals surface area contributed by atoms with Crippen LogP contribution in [0.15, 0.2) is 54.9 Å². The summed E-state index contributed by atoms with van der Waals surface area (Å²) in [5, 5.41) is 9.34. The van der Waals surface area contributed by atoms with Crippen LogP contribution in [0.4, 0.5) is 4.39 Å². The highest BCUT2D eigenvalue weighted by molar-refractivity contribution is 5.66. The molecule has 2 aliphatic heterocycles. The number of rotatable bonds is 8. The second-order valence-corrected chi connectivity index (χ2v) is 11.5. The van der Waals surface area contributed by atoms with Crippen molar-refractivity contribution >= 4 is 11.6 Å². The number of fused-ring (bicyclic) bond motifs is 1. The van der Waals surface area contributed by atoms with Gasteiger partial charge < -0.3 is 14.4 Å². The Hall–Kier alpha value is -2.77. The maximum Gasteiger partial charge on any atom is 0.303 e. The first kappa shape index (κ1) is 24.6. The highest BCUT2D eigenvalue weighted by Gasteiger charge is 2.48. The lowest BCUT2D eigenvalue weighted by Gasteiger charge is -2.49. The minimum atomic E-state index is -0.711. The van der Waals surface area contributed by atoms with Crippen molar-refractivity contribution in [1.29, 1.82) is 0 Å². The first-order valence-electron chi connectivity index (χ1n) is 13.9. The summed E-state index contributed by atoms with van der Waals surface area (Å²) in [6.45, 7) is 4.98. The zero-order valence-electron chi connectivity index (χ0n) is 21.4. The van der Waals surface area contributed by atoms with Crippen molar-refractivity contribution in [2.45, 2.75) is 62.3 Å². The number of carboxylic acids is 1. The Morgan fingerprint density at radius 1 is 1.11 bits per heavy atom. The molecule has 196 valence electrons. The highest BCUT2D eigenvalue weighted by Crippen LogP contribution is 2.47. The van der Waals surface area contributed by atoms with Crippen molar-refractivity contribution in [3.8, 4) is 0 Å². The molecule has 0 unspecified atom stereocenters. The van der Waals surface area contributed by atoms with E-state index in [0.717, 1.165) is 76.0 Å². The van der Waals surface area contributed by atoms with E-state index in [1.807, 2.05) is 18.3 Å². The third-order valence-corrected chi connectivity index (χ3v) is 9.42. The third-order valence-electron chi connectivity index (χ3n) is 9.42. The Bertz CT molecular complexity index is 1250. The van der Waals surface area contributed by atoms with E-state index in [1.165, 1.54) is 18.2 Å². The zero-order chi connectivity index (χ0) is 25.4. The molecule has 3 fully saturated rings. The number of hydrogen-bond donors (Lipinski definition) is 1. The molecule has 6 rings (SSSR count). The lowest BCUT2D eigenvalue weighted by Crippen LogP contribution is -2.53. The second kappa shape index (κ2) is 10.2. The van der Waals surface area contributed by atoms with Gasteiger partial charge in [-0.1, -0.05) is 18.2 Å². The van der Waals surface area contributed by atoms with E-state index in [9.17, 15) is 14.3 Å². The van der Waals surface area contributed by atoms with Gasteiger partial charge in [0.05, 0.1) is 0 Å². The summed E-state index contributed by atoms with van der Waals surface area (Å²) in [5.74, 6) is 0.318. The molecule has 7 heteroatoms. The van der Waals surface area contributed by atoms with E-state index < -0.39 is 5.97 Å². The molecule has 6 nitrogen and oxygen atoms in total. The number of carboxylic acid groups (broad SMARTS) is 1. The molecular weight excluding hydrogens is 467 g/mol. The fourth-order valence-corrected chi connectivity index (χ4v) is 7.20. The smallest absolute Gasteiger partial charge is 0.303 e. The van der Waals surface area contributed by atoms with Crippen LogP contribution in [0.3, 0.4) is 0 Å². The number of hydrogen-bond acceptors (Lipinski definition) is 4. The van der Waals surface area contributed by atoms with Crippen molar-refractivity contribution < 1.29 is 14.3 Å². The minimum absolute atomic E-state index is 0.00870. The van der Waals surface area contributed by atoms with Crippen LogP contribution < -0.4 is 0 Å². The number of piperidine rings is 1. The molecule has 1 N–H and O–H groups in total. The minimum Gasteiger partial charge on any atom is -0.481 e. The zero-order valence-corrected chi connectivity index (χ0v) is 21.4. The molecular formula is C30H37FN4O2. The molecule has 0 radical (unpaired) electrons. The molecule has 1 saturated carbocycles. The monoisotopic (exact) mass is 504 g/mol. The number of carbonyl (C=O) groups is 1. The number of halogens is 1. The molecule has 2 atom stereocenters. The first-order valence-corrected chi connectivity index (χ1v) is 13.9. The quantitative estimate of drug-likeness (QED) is 0.459. The molecule has 1 aliphatic carbocycles. The molecule has 3 aromatic rings. The maximum atomic E-state index is 14.2. The van der Waals surface area contributed by atoms with Gasteiger partial charge in [0.1, 0.15) is 11.5 Å². The van der Waals surface area contributed by atoms with E-state index in [0.29, 0.717) is 11.8 Å². The van der Waals surface area contributed by atoms with E-state index in [1.54, 1.807) is 6.07 Å². The summed E-state index contributed by atoms with van der Waals surface area (Å²) in [5.41, 5.74) is 3.41. The van der Waals surface area contributed by atoms with Crippen LogP contribution >= 0.6 is 0 Å². The van der Waals surface area contributed by atoms with Crippen molar-refractivity contribution in [3.63, 3.8) is 0 Å². The van der Waals surface area contributed by atoms with Gasteiger partial charge in [-0.2, -0.15) is 0 Å². The Kier molecular flexibility index (Phi) is 6.76. The van der Waals surface area contributed by atoms with E-state index in [2.05, 4.69) is 43.6 Å². The van der Waals surface area contributed by atoms with Gasteiger partial charge in [-0.25, -0.2) is 9.37 Å². The third kappa shape index (κ3) is 4.91. The van der Waals surface area contributed by atoms with Gasteiger partial charge in [0.15, 0.2) is 0 Å². The summed E-state index contributed by atoms with van der Waals surface area (Å²) in [6, 6.07) is 13.3. The summed E-state index contributed by atoms with van der Waals surface area (Å²) < 4.78 is 16.4. The number of nitrogens with zero attached hydrogens (tertiary/aromatic N) is 4. The van der Waals surface area contributed by atoms with E-state index in [4.69, 9.17) is 0 Å². The first-order chi connectivity index (χ1) is 18.0. The average molecular weight is 505 g/mol. The SMILES string of the molecule is O=C(O)CCC1(N2C[C@H](CN3CCC(c4cnc5ccccn45)CC3)[C@@H](c3cccc(F)c3)C2)CCC1. The number of aromatic nitrogens is 2. The lowest BCUT2D eigenvalue weighted by atomic mass is 9.72.